The van der Waals surface area contributed by atoms with E-state index in [4.69, 9.17) is 0 Å². The van der Waals surface area contributed by atoms with Crippen molar-refractivity contribution in [3.8, 4) is 5.69 Å². The maximum absolute atomic E-state index is 14.5. The lowest BCUT2D eigenvalue weighted by Gasteiger charge is -2.28. The van der Waals surface area contributed by atoms with Gasteiger partial charge in [-0.3, -0.25) is 0 Å². The molecule has 6 heteroatoms. The molecule has 0 saturated heterocycles. The molecule has 0 N–H and O–H groups in total. The molecular formula is C50H38F3N3. The molecule has 0 unspecified atom stereocenters. The Morgan fingerprint density at radius 2 is 1.00 bits per heavy atom. The topological polar surface area (TPSA) is 11.4 Å². The number of para-hydroxylation sites is 3. The van der Waals surface area contributed by atoms with Crippen molar-refractivity contribution >= 4 is 66.7 Å². The first-order valence-electron chi connectivity index (χ1n) is 18.7. The van der Waals surface area contributed by atoms with Gasteiger partial charge in [0, 0.05) is 44.9 Å². The van der Waals surface area contributed by atoms with E-state index in [1.165, 1.54) is 11.6 Å². The second-order valence-electron chi connectivity index (χ2n) is 14.4. The zero-order valence-corrected chi connectivity index (χ0v) is 31.2. The predicted octanol–water partition coefficient (Wildman–Crippen LogP) is 14.8. The van der Waals surface area contributed by atoms with Gasteiger partial charge in [-0.05, 0) is 139 Å². The van der Waals surface area contributed by atoms with Crippen LogP contribution in [0.25, 0.3) is 38.3 Å². The lowest BCUT2D eigenvalue weighted by Crippen LogP contribution is -2.16. The summed E-state index contributed by atoms with van der Waals surface area (Å²) in [6.45, 7) is 6.20. The van der Waals surface area contributed by atoms with Crippen LogP contribution in [0.15, 0.2) is 176 Å². The van der Waals surface area contributed by atoms with E-state index in [1.54, 1.807) is 17.0 Å². The molecule has 0 aliphatic rings. The fraction of sp³-hybridized carbons (Fsp3) is 0.0800. The van der Waals surface area contributed by atoms with Gasteiger partial charge < -0.3 is 14.4 Å². The quantitative estimate of drug-likeness (QED) is 0.161. The van der Waals surface area contributed by atoms with Crippen molar-refractivity contribution < 1.29 is 13.2 Å². The van der Waals surface area contributed by atoms with Crippen LogP contribution in [0.5, 0.6) is 0 Å². The Kier molecular flexibility index (Phi) is 8.62. The van der Waals surface area contributed by atoms with Crippen LogP contribution in [0.4, 0.5) is 47.3 Å². The second-order valence-corrected chi connectivity index (χ2v) is 14.4. The third kappa shape index (κ3) is 6.23. The summed E-state index contributed by atoms with van der Waals surface area (Å²) in [6, 6.07) is 57.7. The third-order valence-electron chi connectivity index (χ3n) is 10.5. The van der Waals surface area contributed by atoms with Gasteiger partial charge in [0.15, 0.2) is 0 Å². The van der Waals surface area contributed by atoms with Crippen molar-refractivity contribution in [1.82, 2.24) is 4.57 Å². The summed E-state index contributed by atoms with van der Waals surface area (Å²) in [5.41, 5.74) is 10.2. The number of halogens is 3. The van der Waals surface area contributed by atoms with Crippen molar-refractivity contribution in [3.63, 3.8) is 0 Å². The van der Waals surface area contributed by atoms with Gasteiger partial charge in [0.05, 0.1) is 22.3 Å². The first-order valence-corrected chi connectivity index (χ1v) is 18.7. The van der Waals surface area contributed by atoms with Gasteiger partial charge in [-0.15, -0.1) is 0 Å². The molecule has 56 heavy (non-hydrogen) atoms. The molecule has 0 aliphatic heterocycles. The summed E-state index contributed by atoms with van der Waals surface area (Å²) in [6.07, 6.45) is -4.54. The lowest BCUT2D eigenvalue weighted by atomic mass is 10.0. The average Bonchev–Trinajstić information content (AvgIpc) is 3.50. The van der Waals surface area contributed by atoms with E-state index in [1.807, 2.05) is 67.6 Å². The zero-order chi connectivity index (χ0) is 38.6. The summed E-state index contributed by atoms with van der Waals surface area (Å²) in [5.74, 6) is 0. The van der Waals surface area contributed by atoms with Crippen LogP contribution in [0, 0.1) is 20.8 Å². The Morgan fingerprint density at radius 3 is 1.68 bits per heavy atom. The largest absolute Gasteiger partial charge is 0.418 e. The van der Waals surface area contributed by atoms with Gasteiger partial charge in [0.1, 0.15) is 0 Å². The van der Waals surface area contributed by atoms with Crippen LogP contribution in [0.2, 0.25) is 0 Å². The number of aryl methyl sites for hydroxylation is 3. The van der Waals surface area contributed by atoms with Gasteiger partial charge in [0.25, 0.3) is 0 Å². The number of fused-ring (bicyclic) bond motifs is 4. The van der Waals surface area contributed by atoms with Crippen molar-refractivity contribution in [2.45, 2.75) is 26.9 Å². The van der Waals surface area contributed by atoms with Crippen LogP contribution in [-0.2, 0) is 6.18 Å². The molecule has 8 aromatic carbocycles. The summed E-state index contributed by atoms with van der Waals surface area (Å²) < 4.78 is 45.9. The van der Waals surface area contributed by atoms with Crippen LogP contribution in [0.3, 0.4) is 0 Å². The van der Waals surface area contributed by atoms with Crippen molar-refractivity contribution in [1.29, 1.82) is 0 Å². The molecule has 0 spiro atoms. The fourth-order valence-corrected chi connectivity index (χ4v) is 7.98. The Labute approximate surface area is 324 Å². The standard InChI is InChI=1S/C50H38F3N3/c1-33-13-11-18-39(27-33)54(46-21-9-7-15-35(46)3)42-25-26-43-44-30-36-23-24-41(29-37(36)31-48(44)56(49(43)32-42)38-16-5-4-6-17-38)55(40-19-12-14-34(2)28-40)47-22-10-8-20-45(47)50(51,52)53/h4-32H,1-3H3. The molecule has 9 rings (SSSR count). The molecule has 0 bridgehead atoms. The van der Waals surface area contributed by atoms with Crippen LogP contribution < -0.4 is 9.80 Å². The van der Waals surface area contributed by atoms with Crippen LogP contribution in [-0.4, -0.2) is 4.57 Å². The SMILES string of the molecule is Cc1cccc(N(c2ccc3c4cc5ccc(N(c6cccc(C)c6)c6ccccc6C(F)(F)F)cc5cc4n(-c4ccccc4)c3c2)c2ccccc2C)c1. The number of alkyl halides is 3. The van der Waals surface area contributed by atoms with E-state index in [-0.39, 0.29) is 5.69 Å². The summed E-state index contributed by atoms with van der Waals surface area (Å²) in [4.78, 5) is 4.03. The molecule has 3 nitrogen and oxygen atoms in total. The Bertz CT molecular complexity index is 2910. The van der Waals surface area contributed by atoms with Crippen molar-refractivity contribution in [2.75, 3.05) is 9.80 Å². The minimum atomic E-state index is -4.54. The number of hydrogen-bond acceptors (Lipinski definition) is 2. The molecule has 0 atom stereocenters. The van der Waals surface area contributed by atoms with E-state index in [0.717, 1.165) is 72.5 Å². The van der Waals surface area contributed by atoms with Crippen LogP contribution >= 0.6 is 0 Å². The number of anilines is 6. The molecule has 0 aliphatic carbocycles. The smallest absolute Gasteiger partial charge is 0.310 e. The normalized spacial score (nSPS) is 11.8. The minimum Gasteiger partial charge on any atom is -0.310 e. The highest BCUT2D eigenvalue weighted by Crippen LogP contribution is 2.45. The van der Waals surface area contributed by atoms with E-state index >= 15 is 0 Å². The molecule has 0 amide bonds. The van der Waals surface area contributed by atoms with Gasteiger partial charge in [-0.25, -0.2) is 0 Å². The van der Waals surface area contributed by atoms with E-state index in [2.05, 4.69) is 114 Å². The third-order valence-corrected chi connectivity index (χ3v) is 10.5. The zero-order valence-electron chi connectivity index (χ0n) is 31.2. The maximum Gasteiger partial charge on any atom is 0.418 e. The number of nitrogens with zero attached hydrogens (tertiary/aromatic N) is 3. The molecule has 9 aromatic rings. The molecule has 274 valence electrons. The molecular weight excluding hydrogens is 700 g/mol. The number of hydrogen-bond donors (Lipinski definition) is 0. The van der Waals surface area contributed by atoms with Gasteiger partial charge >= 0.3 is 6.18 Å². The number of rotatable bonds is 7. The van der Waals surface area contributed by atoms with E-state index < -0.39 is 11.7 Å². The molecule has 1 heterocycles. The van der Waals surface area contributed by atoms with Gasteiger partial charge in [-0.2, -0.15) is 13.2 Å². The first-order chi connectivity index (χ1) is 27.1. The summed E-state index contributed by atoms with van der Waals surface area (Å²) in [7, 11) is 0. The second kappa shape index (κ2) is 13.8. The highest BCUT2D eigenvalue weighted by atomic mass is 19.4. The van der Waals surface area contributed by atoms with E-state index in [9.17, 15) is 13.2 Å². The van der Waals surface area contributed by atoms with E-state index in [0.29, 0.717) is 11.4 Å². The molecule has 0 fully saturated rings. The Morgan fingerprint density at radius 1 is 0.429 bits per heavy atom. The lowest BCUT2D eigenvalue weighted by molar-refractivity contribution is -0.137. The summed E-state index contributed by atoms with van der Waals surface area (Å²) in [5, 5.41) is 4.10. The monoisotopic (exact) mass is 737 g/mol. The van der Waals surface area contributed by atoms with Crippen LogP contribution in [0.1, 0.15) is 22.3 Å². The highest BCUT2D eigenvalue weighted by molar-refractivity contribution is 6.14. The average molecular weight is 738 g/mol. The van der Waals surface area contributed by atoms with Crippen molar-refractivity contribution in [2.24, 2.45) is 0 Å². The fourth-order valence-electron chi connectivity index (χ4n) is 7.98. The maximum atomic E-state index is 14.5. The first kappa shape index (κ1) is 34.9. The molecule has 0 saturated carbocycles. The van der Waals surface area contributed by atoms with Gasteiger partial charge in [-0.1, -0.05) is 84.9 Å². The summed E-state index contributed by atoms with van der Waals surface area (Å²) >= 11 is 0. The predicted molar refractivity (Wildman–Crippen MR) is 227 cm³/mol. The minimum absolute atomic E-state index is 0.0729. The Balaban J connectivity index is 1.28. The Hall–Kier alpha value is -6.79. The molecule has 0 radical (unpaired) electrons. The van der Waals surface area contributed by atoms with Crippen molar-refractivity contribution in [3.05, 3.63) is 198 Å². The van der Waals surface area contributed by atoms with Gasteiger partial charge in [0.2, 0.25) is 0 Å². The molecule has 1 aromatic heterocycles. The number of aromatic nitrogens is 1. The highest BCUT2D eigenvalue weighted by Gasteiger charge is 2.35. The number of benzene rings is 8.